The lowest BCUT2D eigenvalue weighted by molar-refractivity contribution is -0.206. The SMILES string of the molecule is C[C@H]1CN(c2cc(C(C)(F)P)cc(-c3ccnc4c3C(C(F)P)OC(=O)N4)n2)CCN1.Cc1cc(-c2ccnc3c2[C@H](C(F)(F)F)OC(=O)N3)nc(N2CCN[C@@H](C)C2)c1. The number of cyclic esters (lactones) is 2. The van der Waals surface area contributed by atoms with Gasteiger partial charge in [-0.05, 0) is 75.2 Å². The van der Waals surface area contributed by atoms with Gasteiger partial charge >= 0.3 is 18.4 Å². The van der Waals surface area contributed by atoms with Gasteiger partial charge in [-0.25, -0.2) is 38.3 Å². The minimum absolute atomic E-state index is 0.165. The minimum atomic E-state index is -4.77. The van der Waals surface area contributed by atoms with Crippen LogP contribution < -0.4 is 31.1 Å². The number of nitrogens with zero attached hydrogens (tertiary/aromatic N) is 6. The molecule has 14 nitrogen and oxygen atoms in total. The molecule has 4 aromatic rings. The number of halogens is 5. The smallest absolute Gasteiger partial charge is 0.430 e. The van der Waals surface area contributed by atoms with Crippen LogP contribution in [0.3, 0.4) is 0 Å². The van der Waals surface area contributed by atoms with Crippen molar-refractivity contribution in [2.24, 2.45) is 0 Å². The fourth-order valence-electron chi connectivity index (χ4n) is 7.52. The van der Waals surface area contributed by atoms with Gasteiger partial charge in [0.2, 0.25) is 6.10 Å². The van der Waals surface area contributed by atoms with Gasteiger partial charge in [-0.2, -0.15) is 13.2 Å². The van der Waals surface area contributed by atoms with Crippen LogP contribution in [-0.4, -0.2) is 95.6 Å². The van der Waals surface area contributed by atoms with Crippen LogP contribution in [0.25, 0.3) is 22.5 Å². The van der Waals surface area contributed by atoms with Crippen molar-refractivity contribution in [1.29, 1.82) is 0 Å². The van der Waals surface area contributed by atoms with E-state index in [1.165, 1.54) is 25.4 Å². The molecule has 60 heavy (non-hydrogen) atoms. The summed E-state index contributed by atoms with van der Waals surface area (Å²) in [4.78, 5) is 45.1. The standard InChI is InChI=1S/C20H25F2N5O2P2.C19H20F3N5O2/c1-10-9-27(6-5-23-10)14-8-11(20(2,22)31)7-13(25-14)12-3-4-24-18-15(12)16(17(21)30)29-19(28)26-18;1-10-7-13(25-14(8-10)27-6-5-23-11(2)9-27)12-3-4-24-17-15(12)16(19(20,21)22)29-18(28)26-17/h3-4,7-8,10,16-17,23H,5-6,9,30-31H2,1-2H3,(H,24,26,28);3-4,7-8,11,16,23H,5-6,9H2,1-2H3,(H,24,26,28)/t10-,16?,17?,20?;11-,16+/m00/s1. The zero-order valence-corrected chi connectivity index (χ0v) is 35.4. The second kappa shape index (κ2) is 17.3. The van der Waals surface area contributed by atoms with E-state index >= 15 is 0 Å². The minimum Gasteiger partial charge on any atom is -0.437 e. The van der Waals surface area contributed by atoms with Crippen molar-refractivity contribution in [1.82, 2.24) is 30.6 Å². The Labute approximate surface area is 347 Å². The Hall–Kier alpha value is -4.83. The van der Waals surface area contributed by atoms with E-state index in [0.29, 0.717) is 39.7 Å². The number of rotatable bonds is 6. The number of piperazine rings is 2. The van der Waals surface area contributed by atoms with Crippen LogP contribution in [0.4, 0.5) is 54.8 Å². The van der Waals surface area contributed by atoms with Gasteiger partial charge in [0.25, 0.3) is 0 Å². The highest BCUT2D eigenvalue weighted by molar-refractivity contribution is 7.18. The number of amides is 2. The van der Waals surface area contributed by atoms with E-state index in [0.717, 1.165) is 44.8 Å². The monoisotopic (exact) mass is 874 g/mol. The highest BCUT2D eigenvalue weighted by Crippen LogP contribution is 2.46. The summed E-state index contributed by atoms with van der Waals surface area (Å²) in [5.74, 6) is -0.164. The van der Waals surface area contributed by atoms with Gasteiger partial charge in [0.1, 0.15) is 28.7 Å². The average molecular weight is 875 g/mol. The molecule has 8 heterocycles. The molecule has 2 amide bonds. The number of nitrogens with one attached hydrogen (secondary N) is 4. The lowest BCUT2D eigenvalue weighted by Gasteiger charge is -2.34. The second-order valence-electron chi connectivity index (χ2n) is 15.3. The Bertz CT molecular complexity index is 2270. The molecule has 8 rings (SSSR count). The van der Waals surface area contributed by atoms with Gasteiger partial charge in [-0.15, -0.1) is 0 Å². The number of ether oxygens (including phenoxy) is 2. The third-order valence-electron chi connectivity index (χ3n) is 10.3. The van der Waals surface area contributed by atoms with Gasteiger partial charge in [0.05, 0.1) is 17.0 Å². The first-order valence-corrected chi connectivity index (χ1v) is 20.5. The maximum absolute atomic E-state index is 15.0. The number of aromatic nitrogens is 4. The topological polar surface area (TPSA) is 159 Å². The first-order valence-electron chi connectivity index (χ1n) is 19.2. The summed E-state index contributed by atoms with van der Waals surface area (Å²) in [6.07, 6.45) is -7.45. The number of alkyl halides is 5. The quantitative estimate of drug-likeness (QED) is 0.115. The molecule has 2 saturated heterocycles. The molecule has 0 saturated carbocycles. The molecule has 4 aliphatic rings. The van der Waals surface area contributed by atoms with Gasteiger partial charge < -0.3 is 29.9 Å². The lowest BCUT2D eigenvalue weighted by atomic mass is 9.98. The van der Waals surface area contributed by atoms with Gasteiger partial charge in [-0.3, -0.25) is 10.6 Å². The Balaban J connectivity index is 0.000000182. The molecule has 4 aliphatic heterocycles. The summed E-state index contributed by atoms with van der Waals surface area (Å²) >= 11 is 0. The van der Waals surface area contributed by atoms with Crippen LogP contribution in [0.15, 0.2) is 48.8 Å². The second-order valence-corrected chi connectivity index (χ2v) is 17.0. The fraction of sp³-hybridized carbons (Fsp3) is 0.436. The Morgan fingerprint density at radius 3 is 1.85 bits per heavy atom. The van der Waals surface area contributed by atoms with Gasteiger partial charge in [-0.1, -0.05) is 18.5 Å². The van der Waals surface area contributed by atoms with E-state index in [1.807, 2.05) is 22.2 Å². The van der Waals surface area contributed by atoms with Crippen molar-refractivity contribution >= 4 is 53.9 Å². The number of aryl methyl sites for hydroxylation is 1. The van der Waals surface area contributed by atoms with Crippen molar-refractivity contribution in [3.63, 3.8) is 0 Å². The number of fused-ring (bicyclic) bond motifs is 2. The van der Waals surface area contributed by atoms with E-state index in [2.05, 4.69) is 73.8 Å². The van der Waals surface area contributed by atoms with Gasteiger partial charge in [0, 0.05) is 80.4 Å². The van der Waals surface area contributed by atoms with Crippen molar-refractivity contribution in [2.45, 2.75) is 69.5 Å². The maximum Gasteiger partial charge on any atom is 0.430 e. The first kappa shape index (κ1) is 43.3. The lowest BCUT2D eigenvalue weighted by Crippen LogP contribution is -2.49. The molecule has 4 N–H and O–H groups in total. The van der Waals surface area contributed by atoms with E-state index < -0.39 is 41.9 Å². The largest absolute Gasteiger partial charge is 0.437 e. The van der Waals surface area contributed by atoms with Gasteiger partial charge in [0.15, 0.2) is 12.0 Å². The number of carbonyl (C=O) groups excluding carboxylic acids is 2. The molecule has 0 radical (unpaired) electrons. The summed E-state index contributed by atoms with van der Waals surface area (Å²) in [7, 11) is 4.22. The normalized spacial score (nSPS) is 23.0. The zero-order valence-electron chi connectivity index (χ0n) is 33.1. The molecule has 0 aliphatic carbocycles. The highest BCUT2D eigenvalue weighted by atomic mass is 31.0. The van der Waals surface area contributed by atoms with E-state index in [1.54, 1.807) is 24.3 Å². The van der Waals surface area contributed by atoms with Crippen LogP contribution in [0.1, 0.15) is 55.2 Å². The summed E-state index contributed by atoms with van der Waals surface area (Å²) in [6.45, 7) is 12.0. The Morgan fingerprint density at radius 1 is 0.800 bits per heavy atom. The van der Waals surface area contributed by atoms with E-state index in [4.69, 9.17) is 9.72 Å². The number of hydrogen-bond donors (Lipinski definition) is 4. The molecular formula is C39H45F5N10O4P2. The number of hydrogen-bond acceptors (Lipinski definition) is 12. The van der Waals surface area contributed by atoms with Crippen LogP contribution in [0.2, 0.25) is 0 Å². The van der Waals surface area contributed by atoms with E-state index in [9.17, 15) is 31.5 Å². The molecule has 0 spiro atoms. The van der Waals surface area contributed by atoms with Crippen molar-refractivity contribution in [3.8, 4) is 22.5 Å². The van der Waals surface area contributed by atoms with Crippen molar-refractivity contribution < 1.29 is 41.0 Å². The summed E-state index contributed by atoms with van der Waals surface area (Å²) in [5, 5.41) is 9.80. The first-order chi connectivity index (χ1) is 28.3. The fourth-order valence-corrected chi connectivity index (χ4v) is 7.96. The van der Waals surface area contributed by atoms with Crippen molar-refractivity contribution in [3.05, 3.63) is 71.0 Å². The Kier molecular flexibility index (Phi) is 12.5. The predicted molar refractivity (Wildman–Crippen MR) is 224 cm³/mol. The van der Waals surface area contributed by atoms with E-state index in [-0.39, 0.29) is 34.8 Å². The molecule has 2 fully saturated rings. The molecule has 21 heteroatoms. The summed E-state index contributed by atoms with van der Waals surface area (Å²) in [5.41, 5.74) is 3.01. The molecule has 4 aromatic heterocycles. The molecule has 5 unspecified atom stereocenters. The number of pyridine rings is 4. The number of carbonyl (C=O) groups is 2. The third-order valence-corrected chi connectivity index (χ3v) is 11.0. The maximum atomic E-state index is 15.0. The number of anilines is 4. The summed E-state index contributed by atoms with van der Waals surface area (Å²) in [6, 6.07) is 10.7. The molecular weight excluding hydrogens is 829 g/mol. The van der Waals surface area contributed by atoms with Crippen molar-refractivity contribution in [2.75, 3.05) is 59.7 Å². The Morgan fingerprint density at radius 2 is 1.32 bits per heavy atom. The highest BCUT2D eigenvalue weighted by Gasteiger charge is 2.49. The summed E-state index contributed by atoms with van der Waals surface area (Å²) < 4.78 is 79.9. The molecule has 8 atom stereocenters. The molecule has 0 aromatic carbocycles. The van der Waals surface area contributed by atoms with Crippen LogP contribution >= 0.6 is 18.5 Å². The third kappa shape index (κ3) is 9.54. The molecule has 0 bridgehead atoms. The predicted octanol–water partition coefficient (Wildman–Crippen LogP) is 7.15. The zero-order chi connectivity index (χ0) is 43.1. The molecule has 320 valence electrons. The van der Waals surface area contributed by atoms with Crippen LogP contribution in [0, 0.1) is 6.92 Å². The van der Waals surface area contributed by atoms with Crippen LogP contribution in [0.5, 0.6) is 0 Å². The van der Waals surface area contributed by atoms with Crippen LogP contribution in [-0.2, 0) is 14.9 Å². The average Bonchev–Trinajstić information content (AvgIpc) is 3.18.